The minimum atomic E-state index is 0.104. The molecule has 0 saturated heterocycles. The smallest absolute Gasteiger partial charge is 0.172 e. The van der Waals surface area contributed by atoms with Crippen molar-refractivity contribution in [2.24, 2.45) is 16.8 Å². The number of ether oxygens (including phenoxy) is 1. The first-order valence-corrected chi connectivity index (χ1v) is 7.30. The molecule has 1 rings (SSSR count). The lowest BCUT2D eigenvalue weighted by Crippen LogP contribution is -2.33. The lowest BCUT2D eigenvalue weighted by Gasteiger charge is -2.28. The Morgan fingerprint density at radius 1 is 1.50 bits per heavy atom. The van der Waals surface area contributed by atoms with Gasteiger partial charge < -0.3 is 20.6 Å². The maximum atomic E-state index is 8.95. The Morgan fingerprint density at radius 2 is 2.20 bits per heavy atom. The number of oxime groups is 1. The van der Waals surface area contributed by atoms with Crippen LogP contribution in [-0.2, 0) is 4.74 Å². The number of hydrogen-bond donors (Lipinski definition) is 2. The molecule has 0 amide bonds. The monoisotopic (exact) mass is 343 g/mol. The number of rotatable bonds is 7. The predicted molar refractivity (Wildman–Crippen MR) is 85.6 cm³/mol. The van der Waals surface area contributed by atoms with Crippen LogP contribution in [0.1, 0.15) is 19.4 Å². The lowest BCUT2D eigenvalue weighted by molar-refractivity contribution is 0.204. The fourth-order valence-electron chi connectivity index (χ4n) is 2.00. The highest BCUT2D eigenvalue weighted by atomic mass is 79.9. The van der Waals surface area contributed by atoms with Gasteiger partial charge in [0, 0.05) is 35.9 Å². The van der Waals surface area contributed by atoms with Crippen LogP contribution in [0.2, 0.25) is 0 Å². The summed E-state index contributed by atoms with van der Waals surface area (Å²) in [6, 6.07) is 5.77. The molecule has 3 N–H and O–H groups in total. The van der Waals surface area contributed by atoms with Gasteiger partial charge in [-0.2, -0.15) is 0 Å². The van der Waals surface area contributed by atoms with Gasteiger partial charge in [-0.1, -0.05) is 34.9 Å². The second-order valence-corrected chi connectivity index (χ2v) is 5.90. The van der Waals surface area contributed by atoms with Crippen LogP contribution in [0.25, 0.3) is 0 Å². The van der Waals surface area contributed by atoms with Gasteiger partial charge in [-0.05, 0) is 24.1 Å². The Labute approximate surface area is 128 Å². The highest BCUT2D eigenvalue weighted by molar-refractivity contribution is 9.10. The fourth-order valence-corrected chi connectivity index (χ4v) is 2.36. The summed E-state index contributed by atoms with van der Waals surface area (Å²) in [5, 5.41) is 12.1. The third kappa shape index (κ3) is 4.68. The molecule has 0 unspecified atom stereocenters. The Hall–Kier alpha value is -1.27. The molecular weight excluding hydrogens is 322 g/mol. The molecule has 6 heteroatoms. The Balaban J connectivity index is 3.17. The molecule has 0 aliphatic heterocycles. The van der Waals surface area contributed by atoms with Crippen molar-refractivity contribution in [2.75, 3.05) is 31.7 Å². The van der Waals surface area contributed by atoms with Gasteiger partial charge in [-0.25, -0.2) is 0 Å². The SMILES string of the molecule is COCCN(CC(C)C)c1ccc(Br)cc1/C(N)=N/O. The van der Waals surface area contributed by atoms with Crippen molar-refractivity contribution in [1.29, 1.82) is 0 Å². The van der Waals surface area contributed by atoms with Crippen LogP contribution in [0.15, 0.2) is 27.8 Å². The summed E-state index contributed by atoms with van der Waals surface area (Å²) in [5.74, 6) is 0.600. The Kier molecular flexibility index (Phi) is 6.81. The summed E-state index contributed by atoms with van der Waals surface area (Å²) >= 11 is 3.41. The van der Waals surface area contributed by atoms with E-state index in [4.69, 9.17) is 15.7 Å². The summed E-state index contributed by atoms with van der Waals surface area (Å²) in [6.45, 7) is 6.56. The van der Waals surface area contributed by atoms with Gasteiger partial charge in [0.2, 0.25) is 0 Å². The van der Waals surface area contributed by atoms with Crippen molar-refractivity contribution in [3.8, 4) is 0 Å². The number of nitrogens with zero attached hydrogens (tertiary/aromatic N) is 2. The average molecular weight is 344 g/mol. The van der Waals surface area contributed by atoms with Gasteiger partial charge in [-0.15, -0.1) is 0 Å². The standard InChI is InChI=1S/C14H22BrN3O2/c1-10(2)9-18(6-7-20-3)13-5-4-11(15)8-12(13)14(16)17-19/h4-5,8,10,19H,6-7,9H2,1-3H3,(H2,16,17). The summed E-state index contributed by atoms with van der Waals surface area (Å²) in [7, 11) is 1.68. The third-order valence-electron chi connectivity index (χ3n) is 2.83. The van der Waals surface area contributed by atoms with Crippen molar-refractivity contribution < 1.29 is 9.94 Å². The zero-order valence-corrected chi connectivity index (χ0v) is 13.7. The molecule has 5 nitrogen and oxygen atoms in total. The van der Waals surface area contributed by atoms with Crippen LogP contribution in [-0.4, -0.2) is 37.8 Å². The van der Waals surface area contributed by atoms with Crippen LogP contribution in [0.3, 0.4) is 0 Å². The molecule has 0 saturated carbocycles. The van der Waals surface area contributed by atoms with E-state index in [1.54, 1.807) is 7.11 Å². The first kappa shape index (κ1) is 16.8. The summed E-state index contributed by atoms with van der Waals surface area (Å²) in [6.07, 6.45) is 0. The summed E-state index contributed by atoms with van der Waals surface area (Å²) < 4.78 is 6.05. The molecule has 0 radical (unpaired) electrons. The van der Waals surface area contributed by atoms with Crippen molar-refractivity contribution in [2.45, 2.75) is 13.8 Å². The molecule has 1 aromatic rings. The van der Waals surface area contributed by atoms with Crippen molar-refractivity contribution >= 4 is 27.5 Å². The Bertz CT molecular complexity index is 464. The fraction of sp³-hybridized carbons (Fsp3) is 0.500. The lowest BCUT2D eigenvalue weighted by atomic mass is 10.1. The second-order valence-electron chi connectivity index (χ2n) is 4.98. The highest BCUT2D eigenvalue weighted by Gasteiger charge is 2.15. The zero-order chi connectivity index (χ0) is 15.1. The minimum absolute atomic E-state index is 0.104. The van der Waals surface area contributed by atoms with Crippen molar-refractivity contribution in [3.05, 3.63) is 28.2 Å². The van der Waals surface area contributed by atoms with Gasteiger partial charge in [0.1, 0.15) is 0 Å². The first-order valence-electron chi connectivity index (χ1n) is 6.51. The number of benzene rings is 1. The molecular formula is C14H22BrN3O2. The molecule has 0 fully saturated rings. The maximum Gasteiger partial charge on any atom is 0.172 e. The molecule has 0 heterocycles. The number of anilines is 1. The van der Waals surface area contributed by atoms with E-state index in [0.29, 0.717) is 18.1 Å². The van der Waals surface area contributed by atoms with Gasteiger partial charge in [0.05, 0.1) is 6.61 Å². The molecule has 0 aromatic heterocycles. The van der Waals surface area contributed by atoms with Crippen LogP contribution >= 0.6 is 15.9 Å². The van der Waals surface area contributed by atoms with E-state index >= 15 is 0 Å². The number of hydrogen-bond acceptors (Lipinski definition) is 4. The Morgan fingerprint density at radius 3 is 2.75 bits per heavy atom. The average Bonchev–Trinajstić information content (AvgIpc) is 2.42. The maximum absolute atomic E-state index is 8.95. The molecule has 0 aliphatic carbocycles. The normalized spacial score (nSPS) is 11.9. The molecule has 112 valence electrons. The summed E-state index contributed by atoms with van der Waals surface area (Å²) in [5.41, 5.74) is 7.43. The predicted octanol–water partition coefficient (Wildman–Crippen LogP) is 2.65. The van der Waals surface area contributed by atoms with E-state index in [1.807, 2.05) is 18.2 Å². The van der Waals surface area contributed by atoms with Gasteiger partial charge in [0.15, 0.2) is 5.84 Å². The zero-order valence-electron chi connectivity index (χ0n) is 12.1. The van der Waals surface area contributed by atoms with Gasteiger partial charge in [0.25, 0.3) is 0 Å². The largest absolute Gasteiger partial charge is 0.409 e. The number of amidine groups is 1. The van der Waals surface area contributed by atoms with Crippen LogP contribution < -0.4 is 10.6 Å². The number of halogens is 1. The van der Waals surface area contributed by atoms with Gasteiger partial charge >= 0.3 is 0 Å². The van der Waals surface area contributed by atoms with E-state index in [9.17, 15) is 0 Å². The van der Waals surface area contributed by atoms with Crippen LogP contribution in [0.5, 0.6) is 0 Å². The van der Waals surface area contributed by atoms with Crippen LogP contribution in [0, 0.1) is 5.92 Å². The minimum Gasteiger partial charge on any atom is -0.409 e. The van der Waals surface area contributed by atoms with E-state index < -0.39 is 0 Å². The number of nitrogens with two attached hydrogens (primary N) is 1. The van der Waals surface area contributed by atoms with E-state index in [2.05, 4.69) is 39.8 Å². The van der Waals surface area contributed by atoms with E-state index in [0.717, 1.165) is 23.2 Å². The van der Waals surface area contributed by atoms with E-state index in [-0.39, 0.29) is 5.84 Å². The molecule has 1 aromatic carbocycles. The molecule has 0 spiro atoms. The topological polar surface area (TPSA) is 71.1 Å². The number of methoxy groups -OCH3 is 1. The highest BCUT2D eigenvalue weighted by Crippen LogP contribution is 2.25. The molecule has 0 aliphatic rings. The quantitative estimate of drug-likeness (QED) is 0.345. The molecule has 0 bridgehead atoms. The third-order valence-corrected chi connectivity index (χ3v) is 3.33. The molecule has 20 heavy (non-hydrogen) atoms. The second kappa shape index (κ2) is 8.11. The van der Waals surface area contributed by atoms with Crippen molar-refractivity contribution in [1.82, 2.24) is 0 Å². The van der Waals surface area contributed by atoms with Crippen molar-refractivity contribution in [3.63, 3.8) is 0 Å². The van der Waals surface area contributed by atoms with Crippen LogP contribution in [0.4, 0.5) is 5.69 Å². The van der Waals surface area contributed by atoms with Gasteiger partial charge in [-0.3, -0.25) is 0 Å². The first-order chi connectivity index (χ1) is 9.49. The summed E-state index contributed by atoms with van der Waals surface area (Å²) in [4.78, 5) is 2.19. The molecule has 0 atom stereocenters. The van der Waals surface area contributed by atoms with E-state index in [1.165, 1.54) is 0 Å².